The Balaban J connectivity index is 1.93. The first kappa shape index (κ1) is 20.9. The topological polar surface area (TPSA) is 58.4 Å². The van der Waals surface area contributed by atoms with E-state index in [0.29, 0.717) is 11.6 Å². The lowest BCUT2D eigenvalue weighted by atomic mass is 9.88. The second kappa shape index (κ2) is 8.68. The number of nitrogen functional groups attached to an aromatic ring is 1. The van der Waals surface area contributed by atoms with Crippen LogP contribution in [-0.4, -0.2) is 29.9 Å². The molecule has 0 bridgehead atoms. The summed E-state index contributed by atoms with van der Waals surface area (Å²) in [6.45, 7) is 2.18. The van der Waals surface area contributed by atoms with Crippen LogP contribution in [0.4, 0.5) is 10.1 Å². The van der Waals surface area contributed by atoms with Gasteiger partial charge in [0, 0.05) is 17.6 Å². The van der Waals surface area contributed by atoms with Gasteiger partial charge in [0.05, 0.1) is 21.8 Å². The Labute approximate surface area is 174 Å². The molecule has 0 aromatic heterocycles. The highest BCUT2D eigenvalue weighted by molar-refractivity contribution is 6.39. The van der Waals surface area contributed by atoms with Crippen molar-refractivity contribution in [2.75, 3.05) is 12.8 Å². The third-order valence-electron chi connectivity index (χ3n) is 5.58. The quantitative estimate of drug-likeness (QED) is 0.675. The maximum absolute atomic E-state index is 13.4. The highest BCUT2D eigenvalue weighted by atomic mass is 35.5. The predicted molar refractivity (Wildman–Crippen MR) is 112 cm³/mol. The molecular formula is C21H24Cl2FN3O. The zero-order valence-electron chi connectivity index (χ0n) is 15.9. The minimum absolute atomic E-state index is 0.0953. The standard InChI is InChI=1S/C21H24Cl2FN3O/c1-12-4-3-5-18(27(12)2)20(13-6-8-15(24)9-7-13)26-21(28)14-10-16(22)19(25)17(23)11-14/h6-12,18,20H,3-5,25H2,1-2H3,(H,26,28). The number of carbonyl (C=O) groups is 1. The highest BCUT2D eigenvalue weighted by Crippen LogP contribution is 2.32. The van der Waals surface area contributed by atoms with Gasteiger partial charge in [-0.1, -0.05) is 41.8 Å². The van der Waals surface area contributed by atoms with Crippen LogP contribution >= 0.6 is 23.2 Å². The van der Waals surface area contributed by atoms with E-state index in [2.05, 4.69) is 24.2 Å². The molecule has 1 amide bonds. The molecule has 0 spiro atoms. The Morgan fingerprint density at radius 2 is 1.82 bits per heavy atom. The van der Waals surface area contributed by atoms with Crippen molar-refractivity contribution in [1.29, 1.82) is 0 Å². The Bertz CT molecular complexity index is 836. The zero-order valence-corrected chi connectivity index (χ0v) is 17.4. The minimum atomic E-state index is -0.309. The average Bonchev–Trinajstić information content (AvgIpc) is 2.67. The number of likely N-dealkylation sites (tertiary alicyclic amines) is 1. The predicted octanol–water partition coefficient (Wildman–Crippen LogP) is 5.06. The molecule has 1 fully saturated rings. The number of anilines is 1. The number of nitrogens with zero attached hydrogens (tertiary/aromatic N) is 1. The smallest absolute Gasteiger partial charge is 0.251 e. The van der Waals surface area contributed by atoms with E-state index >= 15 is 0 Å². The van der Waals surface area contributed by atoms with Crippen LogP contribution < -0.4 is 11.1 Å². The number of likely N-dealkylation sites (N-methyl/N-ethyl adjacent to an activating group) is 1. The summed E-state index contributed by atoms with van der Waals surface area (Å²) in [4.78, 5) is 15.3. The first-order valence-electron chi connectivity index (χ1n) is 9.30. The molecule has 0 saturated carbocycles. The molecule has 3 atom stereocenters. The minimum Gasteiger partial charge on any atom is -0.396 e. The zero-order chi connectivity index (χ0) is 20.4. The van der Waals surface area contributed by atoms with Crippen LogP contribution in [0.2, 0.25) is 10.0 Å². The normalized spacial score (nSPS) is 21.3. The molecule has 3 N–H and O–H groups in total. The van der Waals surface area contributed by atoms with E-state index in [-0.39, 0.29) is 39.5 Å². The summed E-state index contributed by atoms with van der Waals surface area (Å²) in [5.74, 6) is -0.610. The first-order chi connectivity index (χ1) is 13.3. The van der Waals surface area contributed by atoms with Crippen molar-refractivity contribution in [1.82, 2.24) is 10.2 Å². The molecule has 28 heavy (non-hydrogen) atoms. The van der Waals surface area contributed by atoms with Gasteiger partial charge < -0.3 is 11.1 Å². The van der Waals surface area contributed by atoms with E-state index in [4.69, 9.17) is 28.9 Å². The van der Waals surface area contributed by atoms with Gasteiger partial charge >= 0.3 is 0 Å². The van der Waals surface area contributed by atoms with Crippen LogP contribution in [0.15, 0.2) is 36.4 Å². The molecule has 1 aliphatic heterocycles. The fourth-order valence-corrected chi connectivity index (χ4v) is 4.26. The summed E-state index contributed by atoms with van der Waals surface area (Å²) < 4.78 is 13.4. The van der Waals surface area contributed by atoms with Gasteiger partial charge in [0.25, 0.3) is 5.91 Å². The number of benzene rings is 2. The highest BCUT2D eigenvalue weighted by Gasteiger charge is 2.33. The molecule has 150 valence electrons. The molecule has 1 saturated heterocycles. The van der Waals surface area contributed by atoms with Crippen LogP contribution in [-0.2, 0) is 0 Å². The third-order valence-corrected chi connectivity index (χ3v) is 6.21. The largest absolute Gasteiger partial charge is 0.396 e. The van der Waals surface area contributed by atoms with E-state index in [0.717, 1.165) is 24.8 Å². The maximum atomic E-state index is 13.4. The van der Waals surface area contributed by atoms with Gasteiger partial charge in [-0.2, -0.15) is 0 Å². The monoisotopic (exact) mass is 423 g/mol. The van der Waals surface area contributed by atoms with E-state index < -0.39 is 0 Å². The molecular weight excluding hydrogens is 400 g/mol. The summed E-state index contributed by atoms with van der Waals surface area (Å²) in [5, 5.41) is 3.57. The van der Waals surface area contributed by atoms with Crippen LogP contribution in [0.5, 0.6) is 0 Å². The molecule has 3 unspecified atom stereocenters. The van der Waals surface area contributed by atoms with Crippen molar-refractivity contribution >= 4 is 34.8 Å². The molecule has 4 nitrogen and oxygen atoms in total. The Hall–Kier alpha value is -1.82. The summed E-state index contributed by atoms with van der Waals surface area (Å²) >= 11 is 12.2. The number of hydrogen-bond acceptors (Lipinski definition) is 3. The van der Waals surface area contributed by atoms with E-state index in [1.165, 1.54) is 24.3 Å². The number of nitrogens with one attached hydrogen (secondary N) is 1. The number of nitrogens with two attached hydrogens (primary N) is 1. The Kier molecular flexibility index (Phi) is 6.48. The number of piperidine rings is 1. The first-order valence-corrected chi connectivity index (χ1v) is 10.1. The lowest BCUT2D eigenvalue weighted by Crippen LogP contribution is -2.50. The van der Waals surface area contributed by atoms with Gasteiger partial charge in [0.1, 0.15) is 5.82 Å². The van der Waals surface area contributed by atoms with E-state index in [1.54, 1.807) is 12.1 Å². The van der Waals surface area contributed by atoms with Gasteiger partial charge in [0.2, 0.25) is 0 Å². The molecule has 7 heteroatoms. The maximum Gasteiger partial charge on any atom is 0.251 e. The lowest BCUT2D eigenvalue weighted by molar-refractivity contribution is 0.0771. The van der Waals surface area contributed by atoms with E-state index in [9.17, 15) is 9.18 Å². The SMILES string of the molecule is CC1CCCC(C(NC(=O)c2cc(Cl)c(N)c(Cl)c2)c2ccc(F)cc2)N1C. The number of carbonyl (C=O) groups excluding carboxylic acids is 1. The summed E-state index contributed by atoms with van der Waals surface area (Å²) in [6, 6.07) is 9.48. The molecule has 1 heterocycles. The second-order valence-electron chi connectivity index (χ2n) is 7.37. The van der Waals surface area contributed by atoms with Gasteiger partial charge in [0.15, 0.2) is 0 Å². The van der Waals surface area contributed by atoms with E-state index in [1.807, 2.05) is 0 Å². The summed E-state index contributed by atoms with van der Waals surface area (Å²) in [7, 11) is 2.06. The number of rotatable bonds is 4. The lowest BCUT2D eigenvalue weighted by Gasteiger charge is -2.42. The van der Waals surface area contributed by atoms with Gasteiger partial charge in [-0.15, -0.1) is 0 Å². The molecule has 3 rings (SSSR count). The Morgan fingerprint density at radius 3 is 2.43 bits per heavy atom. The van der Waals surface area contributed by atoms with Crippen molar-refractivity contribution in [3.05, 3.63) is 63.4 Å². The van der Waals surface area contributed by atoms with Crippen LogP contribution in [0, 0.1) is 5.82 Å². The second-order valence-corrected chi connectivity index (χ2v) is 8.18. The Morgan fingerprint density at radius 1 is 1.21 bits per heavy atom. The van der Waals surface area contributed by atoms with Crippen molar-refractivity contribution in [2.45, 2.75) is 44.3 Å². The molecule has 2 aromatic rings. The number of halogens is 3. The third kappa shape index (κ3) is 4.43. The molecule has 1 aliphatic rings. The molecule has 2 aromatic carbocycles. The van der Waals surface area contributed by atoms with Gasteiger partial charge in [-0.3, -0.25) is 9.69 Å². The fraction of sp³-hybridized carbons (Fsp3) is 0.381. The van der Waals surface area contributed by atoms with Crippen LogP contribution in [0.3, 0.4) is 0 Å². The van der Waals surface area contributed by atoms with Crippen LogP contribution in [0.25, 0.3) is 0 Å². The van der Waals surface area contributed by atoms with Crippen molar-refractivity contribution < 1.29 is 9.18 Å². The van der Waals surface area contributed by atoms with Crippen LogP contribution in [0.1, 0.15) is 48.1 Å². The molecule has 0 aliphatic carbocycles. The van der Waals surface area contributed by atoms with Crippen molar-refractivity contribution in [3.63, 3.8) is 0 Å². The van der Waals surface area contributed by atoms with Gasteiger partial charge in [-0.25, -0.2) is 4.39 Å². The number of amides is 1. The molecule has 0 radical (unpaired) electrons. The van der Waals surface area contributed by atoms with Gasteiger partial charge in [-0.05, 0) is 56.6 Å². The van der Waals surface area contributed by atoms with Crippen molar-refractivity contribution in [3.8, 4) is 0 Å². The fourth-order valence-electron chi connectivity index (χ4n) is 3.77. The summed E-state index contributed by atoms with van der Waals surface area (Å²) in [5.41, 5.74) is 7.21. The average molecular weight is 424 g/mol. The summed E-state index contributed by atoms with van der Waals surface area (Å²) in [6.07, 6.45) is 3.12. The van der Waals surface area contributed by atoms with Crippen molar-refractivity contribution in [2.24, 2.45) is 0 Å². The number of hydrogen-bond donors (Lipinski definition) is 2.